The van der Waals surface area contributed by atoms with Crippen molar-refractivity contribution in [2.24, 2.45) is 5.92 Å². The Labute approximate surface area is 174 Å². The number of hydrogen-bond acceptors (Lipinski definition) is 4. The standard InChI is InChI=1S/C23H35N3O3/c1-17-9-10-21(29-3)20(14-17)26-16-19(15-22(26)27)23(28)24-11-5-7-13-25-12-6-4-8-18(25)2/h9-10,14,18-19H,4-8,11-13,15-16H2,1-3H3,(H,24,28). The summed E-state index contributed by atoms with van der Waals surface area (Å²) in [6.07, 6.45) is 6.28. The fourth-order valence-electron chi connectivity index (χ4n) is 4.41. The topological polar surface area (TPSA) is 61.9 Å². The fraction of sp³-hybridized carbons (Fsp3) is 0.652. The molecule has 6 heteroatoms. The van der Waals surface area contributed by atoms with Crippen molar-refractivity contribution >= 4 is 17.5 Å². The van der Waals surface area contributed by atoms with E-state index in [0.717, 1.165) is 30.6 Å². The molecule has 2 saturated heterocycles. The van der Waals surface area contributed by atoms with E-state index in [1.807, 2.05) is 25.1 Å². The van der Waals surface area contributed by atoms with E-state index in [0.29, 0.717) is 24.9 Å². The number of benzene rings is 1. The van der Waals surface area contributed by atoms with E-state index in [-0.39, 0.29) is 24.2 Å². The van der Waals surface area contributed by atoms with Gasteiger partial charge in [0.15, 0.2) is 0 Å². The van der Waals surface area contributed by atoms with Crippen molar-refractivity contribution in [3.05, 3.63) is 23.8 Å². The van der Waals surface area contributed by atoms with Crippen LogP contribution in [0.25, 0.3) is 0 Å². The van der Waals surface area contributed by atoms with Crippen LogP contribution in [-0.2, 0) is 9.59 Å². The molecule has 0 aromatic heterocycles. The molecule has 1 aromatic rings. The van der Waals surface area contributed by atoms with Crippen LogP contribution in [0.5, 0.6) is 5.75 Å². The molecule has 2 aliphatic heterocycles. The molecule has 1 N–H and O–H groups in total. The highest BCUT2D eigenvalue weighted by molar-refractivity contribution is 6.01. The van der Waals surface area contributed by atoms with Crippen LogP contribution in [0.2, 0.25) is 0 Å². The van der Waals surface area contributed by atoms with Gasteiger partial charge in [0, 0.05) is 25.6 Å². The van der Waals surface area contributed by atoms with Gasteiger partial charge in [-0.2, -0.15) is 0 Å². The molecule has 2 aliphatic rings. The number of methoxy groups -OCH3 is 1. The Morgan fingerprint density at radius 1 is 1.28 bits per heavy atom. The molecule has 6 nitrogen and oxygen atoms in total. The lowest BCUT2D eigenvalue weighted by atomic mass is 10.0. The van der Waals surface area contributed by atoms with Crippen molar-refractivity contribution in [1.29, 1.82) is 0 Å². The largest absolute Gasteiger partial charge is 0.495 e. The van der Waals surface area contributed by atoms with Crippen molar-refractivity contribution in [2.45, 2.75) is 58.4 Å². The van der Waals surface area contributed by atoms with E-state index in [2.05, 4.69) is 17.1 Å². The maximum Gasteiger partial charge on any atom is 0.227 e. The van der Waals surface area contributed by atoms with Crippen LogP contribution >= 0.6 is 0 Å². The molecule has 0 radical (unpaired) electrons. The first-order chi connectivity index (χ1) is 14.0. The Kier molecular flexibility index (Phi) is 7.53. The SMILES string of the molecule is COc1ccc(C)cc1N1CC(C(=O)NCCCCN2CCCCC2C)CC1=O. The zero-order valence-corrected chi connectivity index (χ0v) is 18.1. The van der Waals surface area contributed by atoms with Gasteiger partial charge in [-0.05, 0) is 70.3 Å². The number of likely N-dealkylation sites (tertiary alicyclic amines) is 1. The first-order valence-corrected chi connectivity index (χ1v) is 11.0. The molecular formula is C23H35N3O3. The third-order valence-corrected chi connectivity index (χ3v) is 6.23. The molecule has 0 aliphatic carbocycles. The lowest BCUT2D eigenvalue weighted by Crippen LogP contribution is -2.38. The van der Waals surface area contributed by atoms with Gasteiger partial charge in [0.05, 0.1) is 18.7 Å². The van der Waals surface area contributed by atoms with E-state index >= 15 is 0 Å². The van der Waals surface area contributed by atoms with Crippen LogP contribution in [-0.4, -0.2) is 56.0 Å². The van der Waals surface area contributed by atoms with Gasteiger partial charge in [-0.15, -0.1) is 0 Å². The zero-order valence-electron chi connectivity index (χ0n) is 18.1. The summed E-state index contributed by atoms with van der Waals surface area (Å²) in [5.41, 5.74) is 1.81. The van der Waals surface area contributed by atoms with E-state index in [1.165, 1.54) is 25.8 Å². The minimum atomic E-state index is -0.296. The number of piperidine rings is 1. The number of amides is 2. The predicted molar refractivity (Wildman–Crippen MR) is 115 cm³/mol. The van der Waals surface area contributed by atoms with E-state index in [4.69, 9.17) is 4.74 Å². The Morgan fingerprint density at radius 2 is 2.10 bits per heavy atom. The zero-order chi connectivity index (χ0) is 20.8. The summed E-state index contributed by atoms with van der Waals surface area (Å²) in [6.45, 7) is 7.70. The summed E-state index contributed by atoms with van der Waals surface area (Å²) in [6, 6.07) is 6.46. The number of anilines is 1. The Morgan fingerprint density at radius 3 is 2.86 bits per heavy atom. The van der Waals surface area contributed by atoms with Gasteiger partial charge in [-0.3, -0.25) is 9.59 Å². The molecule has 2 amide bonds. The molecule has 29 heavy (non-hydrogen) atoms. The van der Waals surface area contributed by atoms with Crippen molar-refractivity contribution in [2.75, 3.05) is 38.2 Å². The van der Waals surface area contributed by atoms with Crippen LogP contribution in [0.4, 0.5) is 5.69 Å². The third-order valence-electron chi connectivity index (χ3n) is 6.23. The first kappa shape index (κ1) is 21.6. The van der Waals surface area contributed by atoms with Crippen LogP contribution in [0, 0.1) is 12.8 Å². The van der Waals surface area contributed by atoms with E-state index < -0.39 is 0 Å². The highest BCUT2D eigenvalue weighted by atomic mass is 16.5. The van der Waals surface area contributed by atoms with Crippen LogP contribution < -0.4 is 15.0 Å². The highest BCUT2D eigenvalue weighted by Gasteiger charge is 2.36. The Hall–Kier alpha value is -2.08. The maximum absolute atomic E-state index is 12.6. The molecular weight excluding hydrogens is 366 g/mol. The predicted octanol–water partition coefficient (Wildman–Crippen LogP) is 3.13. The van der Waals surface area contributed by atoms with Crippen LogP contribution in [0.1, 0.15) is 51.0 Å². The van der Waals surface area contributed by atoms with Crippen molar-refractivity contribution < 1.29 is 14.3 Å². The van der Waals surface area contributed by atoms with E-state index in [9.17, 15) is 9.59 Å². The quantitative estimate of drug-likeness (QED) is 0.680. The van der Waals surface area contributed by atoms with Gasteiger partial charge >= 0.3 is 0 Å². The summed E-state index contributed by atoms with van der Waals surface area (Å²) in [4.78, 5) is 29.4. The van der Waals surface area contributed by atoms with Gasteiger partial charge in [0.1, 0.15) is 5.75 Å². The number of hydrogen-bond donors (Lipinski definition) is 1. The van der Waals surface area contributed by atoms with Crippen LogP contribution in [0.3, 0.4) is 0 Å². The number of rotatable bonds is 8. The van der Waals surface area contributed by atoms with Crippen LogP contribution in [0.15, 0.2) is 18.2 Å². The molecule has 0 bridgehead atoms. The number of ether oxygens (including phenoxy) is 1. The second kappa shape index (κ2) is 10.1. The maximum atomic E-state index is 12.6. The molecule has 0 saturated carbocycles. The smallest absolute Gasteiger partial charge is 0.227 e. The molecule has 0 spiro atoms. The number of aryl methyl sites for hydroxylation is 1. The second-order valence-electron chi connectivity index (χ2n) is 8.46. The lowest BCUT2D eigenvalue weighted by molar-refractivity contribution is -0.126. The minimum Gasteiger partial charge on any atom is -0.495 e. The average molecular weight is 402 g/mol. The first-order valence-electron chi connectivity index (χ1n) is 11.0. The fourth-order valence-corrected chi connectivity index (χ4v) is 4.41. The Balaban J connectivity index is 1.44. The molecule has 160 valence electrons. The summed E-state index contributed by atoms with van der Waals surface area (Å²) >= 11 is 0. The van der Waals surface area contributed by atoms with E-state index in [1.54, 1.807) is 12.0 Å². The van der Waals surface area contributed by atoms with Gasteiger partial charge in [0.25, 0.3) is 0 Å². The third kappa shape index (κ3) is 5.50. The average Bonchev–Trinajstić information content (AvgIpc) is 3.10. The summed E-state index contributed by atoms with van der Waals surface area (Å²) < 4.78 is 5.41. The summed E-state index contributed by atoms with van der Waals surface area (Å²) in [5, 5.41) is 3.04. The molecule has 2 unspecified atom stereocenters. The molecule has 2 fully saturated rings. The van der Waals surface area contributed by atoms with Gasteiger partial charge in [0.2, 0.25) is 11.8 Å². The summed E-state index contributed by atoms with van der Waals surface area (Å²) in [7, 11) is 1.60. The number of unbranched alkanes of at least 4 members (excludes halogenated alkanes) is 1. The monoisotopic (exact) mass is 401 g/mol. The number of carbonyl (C=O) groups is 2. The molecule has 2 heterocycles. The van der Waals surface area contributed by atoms with Crippen molar-refractivity contribution in [1.82, 2.24) is 10.2 Å². The Bertz CT molecular complexity index is 721. The number of nitrogens with one attached hydrogen (secondary N) is 1. The minimum absolute atomic E-state index is 0.0150. The number of nitrogens with zero attached hydrogens (tertiary/aromatic N) is 2. The number of carbonyl (C=O) groups excluding carboxylic acids is 2. The lowest BCUT2D eigenvalue weighted by Gasteiger charge is -2.33. The second-order valence-corrected chi connectivity index (χ2v) is 8.46. The van der Waals surface area contributed by atoms with Gasteiger partial charge in [-0.1, -0.05) is 12.5 Å². The van der Waals surface area contributed by atoms with Crippen molar-refractivity contribution in [3.63, 3.8) is 0 Å². The summed E-state index contributed by atoms with van der Waals surface area (Å²) in [5.74, 6) is 0.332. The van der Waals surface area contributed by atoms with Gasteiger partial charge in [-0.25, -0.2) is 0 Å². The highest BCUT2D eigenvalue weighted by Crippen LogP contribution is 2.33. The van der Waals surface area contributed by atoms with Crippen molar-refractivity contribution in [3.8, 4) is 5.75 Å². The van der Waals surface area contributed by atoms with Gasteiger partial charge < -0.3 is 19.9 Å². The molecule has 2 atom stereocenters. The molecule has 1 aromatic carbocycles. The molecule has 3 rings (SSSR count). The normalized spacial score (nSPS) is 22.7.